The van der Waals surface area contributed by atoms with Crippen molar-refractivity contribution in [3.8, 4) is 11.5 Å². The number of urea groups is 1. The molecule has 0 radical (unpaired) electrons. The molecule has 1 saturated heterocycles. The molecule has 0 aromatic heterocycles. The zero-order valence-corrected chi connectivity index (χ0v) is 12.9. The van der Waals surface area contributed by atoms with Gasteiger partial charge in [0.2, 0.25) is 5.91 Å². The summed E-state index contributed by atoms with van der Waals surface area (Å²) in [5.74, 6) is 1.06. The Morgan fingerprint density at radius 1 is 1.17 bits per heavy atom. The van der Waals surface area contributed by atoms with E-state index in [1.54, 1.807) is 4.90 Å². The van der Waals surface area contributed by atoms with Gasteiger partial charge in [-0.1, -0.05) is 6.07 Å². The largest absolute Gasteiger partial charge is 0.486 e. The lowest BCUT2D eigenvalue weighted by Gasteiger charge is -2.30. The Hall–Kier alpha value is -2.44. The van der Waals surface area contributed by atoms with Crippen molar-refractivity contribution in [3.05, 3.63) is 23.8 Å². The van der Waals surface area contributed by atoms with E-state index < -0.39 is 0 Å². The Labute approximate surface area is 134 Å². The molecule has 1 aromatic carbocycles. The average Bonchev–Trinajstić information content (AvgIpc) is 2.59. The van der Waals surface area contributed by atoms with Gasteiger partial charge in [-0.3, -0.25) is 4.79 Å². The lowest BCUT2D eigenvalue weighted by molar-refractivity contribution is -0.123. The molecule has 0 spiro atoms. The predicted molar refractivity (Wildman–Crippen MR) is 83.2 cm³/mol. The fourth-order valence-electron chi connectivity index (χ4n) is 2.85. The standard InChI is InChI=1S/C16H21N3O4/c17-15(20)12-3-5-19(6-4-12)16(21)18-10-11-1-2-13-14(9-11)23-8-7-22-13/h1-2,9,12H,3-8,10H2,(H2,17,20)(H,18,21). The number of ether oxygens (including phenoxy) is 2. The Kier molecular flexibility index (Phi) is 4.55. The fraction of sp³-hybridized carbons (Fsp3) is 0.500. The number of primary amides is 1. The van der Waals surface area contributed by atoms with Crippen LogP contribution in [-0.2, 0) is 11.3 Å². The summed E-state index contributed by atoms with van der Waals surface area (Å²) in [6.45, 7) is 2.63. The van der Waals surface area contributed by atoms with Crippen LogP contribution in [0.5, 0.6) is 11.5 Å². The molecule has 3 rings (SSSR count). The number of hydrogen-bond donors (Lipinski definition) is 2. The summed E-state index contributed by atoms with van der Waals surface area (Å²) in [5.41, 5.74) is 6.25. The number of nitrogens with one attached hydrogen (secondary N) is 1. The van der Waals surface area contributed by atoms with E-state index in [2.05, 4.69) is 5.32 Å². The van der Waals surface area contributed by atoms with Crippen LogP contribution in [0, 0.1) is 5.92 Å². The third-order valence-corrected chi connectivity index (χ3v) is 4.23. The molecular formula is C16H21N3O4. The Morgan fingerprint density at radius 2 is 1.87 bits per heavy atom. The van der Waals surface area contributed by atoms with E-state index in [0.29, 0.717) is 51.4 Å². The van der Waals surface area contributed by atoms with E-state index >= 15 is 0 Å². The van der Waals surface area contributed by atoms with Crippen molar-refractivity contribution in [3.63, 3.8) is 0 Å². The smallest absolute Gasteiger partial charge is 0.317 e. The van der Waals surface area contributed by atoms with Gasteiger partial charge in [0.05, 0.1) is 0 Å². The highest BCUT2D eigenvalue weighted by atomic mass is 16.6. The molecule has 0 aliphatic carbocycles. The van der Waals surface area contributed by atoms with Crippen LogP contribution in [0.2, 0.25) is 0 Å². The Morgan fingerprint density at radius 3 is 2.57 bits per heavy atom. The summed E-state index contributed by atoms with van der Waals surface area (Å²) >= 11 is 0. The van der Waals surface area contributed by atoms with E-state index in [9.17, 15) is 9.59 Å². The van der Waals surface area contributed by atoms with Crippen molar-refractivity contribution in [2.24, 2.45) is 11.7 Å². The minimum atomic E-state index is -0.277. The van der Waals surface area contributed by atoms with Gasteiger partial charge in [-0.15, -0.1) is 0 Å². The van der Waals surface area contributed by atoms with Crippen LogP contribution in [0.1, 0.15) is 18.4 Å². The van der Waals surface area contributed by atoms with Gasteiger partial charge < -0.3 is 25.4 Å². The van der Waals surface area contributed by atoms with Gasteiger partial charge in [0, 0.05) is 25.6 Å². The van der Waals surface area contributed by atoms with Crippen molar-refractivity contribution in [1.82, 2.24) is 10.2 Å². The first-order valence-corrected chi connectivity index (χ1v) is 7.84. The number of rotatable bonds is 3. The van der Waals surface area contributed by atoms with E-state index in [1.165, 1.54) is 0 Å². The third kappa shape index (κ3) is 3.67. The molecule has 0 saturated carbocycles. The second-order valence-electron chi connectivity index (χ2n) is 5.80. The topological polar surface area (TPSA) is 93.9 Å². The molecule has 2 aliphatic heterocycles. The number of carbonyl (C=O) groups excluding carboxylic acids is 2. The van der Waals surface area contributed by atoms with Crippen LogP contribution in [0.3, 0.4) is 0 Å². The Bertz CT molecular complexity index is 597. The predicted octanol–water partition coefficient (Wildman–Crippen LogP) is 0.865. The van der Waals surface area contributed by atoms with E-state index in [1.807, 2.05) is 18.2 Å². The molecule has 0 bridgehead atoms. The summed E-state index contributed by atoms with van der Waals surface area (Å²) in [7, 11) is 0. The minimum Gasteiger partial charge on any atom is -0.486 e. The highest BCUT2D eigenvalue weighted by Gasteiger charge is 2.25. The number of fused-ring (bicyclic) bond motifs is 1. The van der Waals surface area contributed by atoms with Gasteiger partial charge in [0.1, 0.15) is 13.2 Å². The van der Waals surface area contributed by atoms with Crippen LogP contribution < -0.4 is 20.5 Å². The van der Waals surface area contributed by atoms with Crippen LogP contribution in [0.4, 0.5) is 4.79 Å². The molecule has 124 valence electrons. The normalized spacial score (nSPS) is 17.7. The number of piperidine rings is 1. The van der Waals surface area contributed by atoms with Gasteiger partial charge in [-0.25, -0.2) is 4.79 Å². The summed E-state index contributed by atoms with van der Waals surface area (Å²) < 4.78 is 11.0. The molecule has 23 heavy (non-hydrogen) atoms. The van der Waals surface area contributed by atoms with Gasteiger partial charge in [0.15, 0.2) is 11.5 Å². The van der Waals surface area contributed by atoms with Gasteiger partial charge in [-0.2, -0.15) is 0 Å². The van der Waals surface area contributed by atoms with Crippen LogP contribution >= 0.6 is 0 Å². The molecule has 3 amide bonds. The molecule has 2 heterocycles. The monoisotopic (exact) mass is 319 g/mol. The van der Waals surface area contributed by atoms with Crippen molar-refractivity contribution in [1.29, 1.82) is 0 Å². The SMILES string of the molecule is NC(=O)C1CCN(C(=O)NCc2ccc3c(c2)OCCO3)CC1. The first-order chi connectivity index (χ1) is 11.1. The zero-order chi connectivity index (χ0) is 16.2. The average molecular weight is 319 g/mol. The molecule has 2 aliphatic rings. The first kappa shape index (κ1) is 15.5. The quantitative estimate of drug-likeness (QED) is 0.864. The first-order valence-electron chi connectivity index (χ1n) is 7.84. The van der Waals surface area contributed by atoms with Crippen LogP contribution in [0.15, 0.2) is 18.2 Å². The lowest BCUT2D eigenvalue weighted by Crippen LogP contribution is -2.46. The molecular weight excluding hydrogens is 298 g/mol. The maximum Gasteiger partial charge on any atom is 0.317 e. The van der Waals surface area contributed by atoms with Gasteiger partial charge >= 0.3 is 6.03 Å². The van der Waals surface area contributed by atoms with Crippen LogP contribution in [-0.4, -0.2) is 43.1 Å². The summed E-state index contributed by atoms with van der Waals surface area (Å²) in [5, 5.41) is 2.89. The third-order valence-electron chi connectivity index (χ3n) is 4.23. The molecule has 7 nitrogen and oxygen atoms in total. The molecule has 0 atom stereocenters. The highest BCUT2D eigenvalue weighted by Crippen LogP contribution is 2.30. The van der Waals surface area contributed by atoms with Crippen molar-refractivity contribution in [2.45, 2.75) is 19.4 Å². The van der Waals surface area contributed by atoms with Crippen molar-refractivity contribution < 1.29 is 19.1 Å². The summed E-state index contributed by atoms with van der Waals surface area (Å²) in [6, 6.07) is 5.53. The lowest BCUT2D eigenvalue weighted by atomic mass is 9.96. The minimum absolute atomic E-state index is 0.114. The van der Waals surface area contributed by atoms with E-state index in [4.69, 9.17) is 15.2 Å². The number of likely N-dealkylation sites (tertiary alicyclic amines) is 1. The number of hydrogen-bond acceptors (Lipinski definition) is 4. The second-order valence-corrected chi connectivity index (χ2v) is 5.80. The maximum absolute atomic E-state index is 12.2. The summed E-state index contributed by atoms with van der Waals surface area (Å²) in [4.78, 5) is 25.0. The molecule has 7 heteroatoms. The fourth-order valence-corrected chi connectivity index (χ4v) is 2.85. The maximum atomic E-state index is 12.2. The Balaban J connectivity index is 1.50. The van der Waals surface area contributed by atoms with Crippen molar-refractivity contribution in [2.75, 3.05) is 26.3 Å². The number of amides is 3. The number of nitrogens with two attached hydrogens (primary N) is 1. The highest BCUT2D eigenvalue weighted by molar-refractivity contribution is 5.78. The van der Waals surface area contributed by atoms with Gasteiger partial charge in [-0.05, 0) is 30.5 Å². The molecule has 1 aromatic rings. The molecule has 3 N–H and O–H groups in total. The van der Waals surface area contributed by atoms with Gasteiger partial charge in [0.25, 0.3) is 0 Å². The number of carbonyl (C=O) groups is 2. The van der Waals surface area contributed by atoms with Crippen LogP contribution in [0.25, 0.3) is 0 Å². The van der Waals surface area contributed by atoms with E-state index in [0.717, 1.165) is 11.3 Å². The molecule has 0 unspecified atom stereocenters. The number of benzene rings is 1. The zero-order valence-electron chi connectivity index (χ0n) is 12.9. The van der Waals surface area contributed by atoms with E-state index in [-0.39, 0.29) is 17.9 Å². The van der Waals surface area contributed by atoms with Crippen molar-refractivity contribution >= 4 is 11.9 Å². The molecule has 1 fully saturated rings. The number of nitrogens with zero attached hydrogens (tertiary/aromatic N) is 1. The summed E-state index contributed by atoms with van der Waals surface area (Å²) in [6.07, 6.45) is 1.26. The second kappa shape index (κ2) is 6.76.